The van der Waals surface area contributed by atoms with E-state index in [9.17, 15) is 4.79 Å². The highest BCUT2D eigenvalue weighted by Crippen LogP contribution is 2.41. The molecular formula is C11H17BrN4O. The van der Waals surface area contributed by atoms with E-state index in [1.807, 2.05) is 0 Å². The van der Waals surface area contributed by atoms with Crippen molar-refractivity contribution in [2.24, 2.45) is 18.7 Å². The fourth-order valence-corrected chi connectivity index (χ4v) is 2.40. The van der Waals surface area contributed by atoms with Crippen molar-refractivity contribution in [2.45, 2.75) is 25.3 Å². The molecule has 6 heteroatoms. The highest BCUT2D eigenvalue weighted by molar-refractivity contribution is 9.10. The number of hydrogen-bond acceptors (Lipinski definition) is 4. The Kier molecular flexibility index (Phi) is 3.27. The summed E-state index contributed by atoms with van der Waals surface area (Å²) < 4.78 is 1.81. The largest absolute Gasteiger partial charge is 0.376 e. The Labute approximate surface area is 109 Å². The van der Waals surface area contributed by atoms with Gasteiger partial charge in [-0.25, -0.2) is 4.68 Å². The molecule has 17 heavy (non-hydrogen) atoms. The highest BCUT2D eigenvalue weighted by Gasteiger charge is 2.40. The third-order valence-electron chi connectivity index (χ3n) is 3.40. The molecule has 0 spiro atoms. The molecule has 0 bridgehead atoms. The normalized spacial score (nSPS) is 18.8. The maximum atomic E-state index is 11.7. The molecule has 0 radical (unpaired) electrons. The van der Waals surface area contributed by atoms with Crippen molar-refractivity contribution in [3.63, 3.8) is 0 Å². The summed E-state index contributed by atoms with van der Waals surface area (Å²) in [5.41, 5.74) is 6.24. The predicted molar refractivity (Wildman–Crippen MR) is 71.0 cm³/mol. The lowest BCUT2D eigenvalue weighted by Gasteiger charge is -2.31. The standard InChI is InChI=1S/C11H17BrN4O/c1-11(6-13,7-3-4-7)15-8-5-14-16(2)10(17)9(8)12/h5,7,15H,3-4,6,13H2,1-2H3. The number of hydrogen-bond donors (Lipinski definition) is 2. The van der Waals surface area contributed by atoms with E-state index in [4.69, 9.17) is 5.73 Å². The quantitative estimate of drug-likeness (QED) is 0.873. The van der Waals surface area contributed by atoms with Gasteiger partial charge in [0.1, 0.15) is 4.47 Å². The molecule has 5 nitrogen and oxygen atoms in total. The fraction of sp³-hybridized carbons (Fsp3) is 0.636. The zero-order chi connectivity index (χ0) is 12.6. The molecule has 0 aromatic carbocycles. The van der Waals surface area contributed by atoms with Crippen LogP contribution < -0.4 is 16.6 Å². The molecule has 3 N–H and O–H groups in total. The third kappa shape index (κ3) is 2.37. The van der Waals surface area contributed by atoms with E-state index in [1.54, 1.807) is 13.2 Å². The van der Waals surface area contributed by atoms with Crippen molar-refractivity contribution in [1.82, 2.24) is 9.78 Å². The number of nitrogens with zero attached hydrogens (tertiary/aromatic N) is 2. The summed E-state index contributed by atoms with van der Waals surface area (Å²) >= 11 is 3.31. The van der Waals surface area contributed by atoms with E-state index in [0.717, 1.165) is 0 Å². The van der Waals surface area contributed by atoms with E-state index >= 15 is 0 Å². The van der Waals surface area contributed by atoms with E-state index in [2.05, 4.69) is 33.3 Å². The SMILES string of the molecule is Cn1ncc(NC(C)(CN)C2CC2)c(Br)c1=O. The van der Waals surface area contributed by atoms with Gasteiger partial charge in [0.15, 0.2) is 0 Å². The number of nitrogens with one attached hydrogen (secondary N) is 1. The van der Waals surface area contributed by atoms with Crippen molar-refractivity contribution >= 4 is 21.6 Å². The summed E-state index contributed by atoms with van der Waals surface area (Å²) in [7, 11) is 1.62. The van der Waals surface area contributed by atoms with Gasteiger partial charge in [-0.05, 0) is 41.6 Å². The lowest BCUT2D eigenvalue weighted by molar-refractivity contribution is 0.458. The van der Waals surface area contributed by atoms with Crippen LogP contribution in [-0.4, -0.2) is 21.9 Å². The first-order chi connectivity index (χ1) is 7.98. The second-order valence-electron chi connectivity index (χ2n) is 4.82. The van der Waals surface area contributed by atoms with Gasteiger partial charge < -0.3 is 11.1 Å². The molecule has 1 fully saturated rings. The maximum absolute atomic E-state index is 11.7. The lowest BCUT2D eigenvalue weighted by atomic mass is 9.96. The molecule has 1 aliphatic carbocycles. The summed E-state index contributed by atoms with van der Waals surface area (Å²) in [6.45, 7) is 2.63. The van der Waals surface area contributed by atoms with Crippen LogP contribution in [0.3, 0.4) is 0 Å². The number of halogens is 1. The Bertz CT molecular complexity index is 483. The third-order valence-corrected chi connectivity index (χ3v) is 4.17. The molecule has 0 saturated heterocycles. The van der Waals surface area contributed by atoms with Gasteiger partial charge in [0, 0.05) is 19.1 Å². The zero-order valence-corrected chi connectivity index (χ0v) is 11.6. The smallest absolute Gasteiger partial charge is 0.282 e. The minimum Gasteiger partial charge on any atom is -0.376 e. The average molecular weight is 301 g/mol. The van der Waals surface area contributed by atoms with Crippen molar-refractivity contribution in [2.75, 3.05) is 11.9 Å². The molecule has 1 unspecified atom stereocenters. The Morgan fingerprint density at radius 1 is 1.71 bits per heavy atom. The van der Waals surface area contributed by atoms with Crippen molar-refractivity contribution in [3.8, 4) is 0 Å². The molecule has 2 rings (SSSR count). The van der Waals surface area contributed by atoms with Crippen LogP contribution in [0, 0.1) is 5.92 Å². The van der Waals surface area contributed by atoms with Gasteiger partial charge in [-0.1, -0.05) is 0 Å². The average Bonchev–Trinajstić information content (AvgIpc) is 3.14. The molecule has 1 heterocycles. The van der Waals surface area contributed by atoms with Gasteiger partial charge in [-0.3, -0.25) is 4.79 Å². The summed E-state index contributed by atoms with van der Waals surface area (Å²) in [5.74, 6) is 0.587. The van der Waals surface area contributed by atoms with Gasteiger partial charge in [0.2, 0.25) is 0 Å². The minimum absolute atomic E-state index is 0.148. The number of nitrogens with two attached hydrogens (primary N) is 1. The first-order valence-corrected chi connectivity index (χ1v) is 6.47. The van der Waals surface area contributed by atoms with Crippen LogP contribution in [0.25, 0.3) is 0 Å². The van der Waals surface area contributed by atoms with Crippen LogP contribution in [0.15, 0.2) is 15.5 Å². The van der Waals surface area contributed by atoms with E-state index in [-0.39, 0.29) is 11.1 Å². The molecule has 94 valence electrons. The number of anilines is 1. The maximum Gasteiger partial charge on any atom is 0.282 e. The molecule has 0 amide bonds. The topological polar surface area (TPSA) is 72.9 Å². The molecule has 1 saturated carbocycles. The monoisotopic (exact) mass is 300 g/mol. The molecular weight excluding hydrogens is 284 g/mol. The molecule has 1 aliphatic rings. The van der Waals surface area contributed by atoms with E-state index in [1.165, 1.54) is 17.5 Å². The molecule has 1 atom stereocenters. The van der Waals surface area contributed by atoms with Crippen LogP contribution in [0.5, 0.6) is 0 Å². The Morgan fingerprint density at radius 3 is 2.88 bits per heavy atom. The Morgan fingerprint density at radius 2 is 2.35 bits per heavy atom. The summed E-state index contributed by atoms with van der Waals surface area (Å²) in [6, 6.07) is 0. The van der Waals surface area contributed by atoms with Crippen molar-refractivity contribution < 1.29 is 0 Å². The van der Waals surface area contributed by atoms with E-state index < -0.39 is 0 Å². The summed E-state index contributed by atoms with van der Waals surface area (Å²) in [4.78, 5) is 11.7. The zero-order valence-electron chi connectivity index (χ0n) is 10.0. The van der Waals surface area contributed by atoms with Gasteiger partial charge in [0.25, 0.3) is 5.56 Å². The number of aromatic nitrogens is 2. The van der Waals surface area contributed by atoms with Crippen LogP contribution >= 0.6 is 15.9 Å². The second kappa shape index (κ2) is 4.42. The van der Waals surface area contributed by atoms with Crippen molar-refractivity contribution in [3.05, 3.63) is 21.0 Å². The Balaban J connectivity index is 2.29. The van der Waals surface area contributed by atoms with Crippen LogP contribution in [0.1, 0.15) is 19.8 Å². The van der Waals surface area contributed by atoms with Gasteiger partial charge >= 0.3 is 0 Å². The minimum atomic E-state index is -0.156. The lowest BCUT2D eigenvalue weighted by Crippen LogP contribution is -2.45. The summed E-state index contributed by atoms with van der Waals surface area (Å²) in [5, 5.41) is 7.36. The number of rotatable bonds is 4. The van der Waals surface area contributed by atoms with Crippen molar-refractivity contribution in [1.29, 1.82) is 0 Å². The second-order valence-corrected chi connectivity index (χ2v) is 5.61. The van der Waals surface area contributed by atoms with E-state index in [0.29, 0.717) is 22.6 Å². The van der Waals surface area contributed by atoms with Gasteiger partial charge in [0.05, 0.1) is 11.9 Å². The first kappa shape index (κ1) is 12.6. The first-order valence-electron chi connectivity index (χ1n) is 5.68. The highest BCUT2D eigenvalue weighted by atomic mass is 79.9. The van der Waals surface area contributed by atoms with Crippen LogP contribution in [-0.2, 0) is 7.05 Å². The predicted octanol–water partition coefficient (Wildman–Crippen LogP) is 1.08. The summed E-state index contributed by atoms with van der Waals surface area (Å²) in [6.07, 6.45) is 4.04. The molecule has 1 aromatic heterocycles. The molecule has 1 aromatic rings. The Hall–Kier alpha value is -0.880. The van der Waals surface area contributed by atoms with Gasteiger partial charge in [-0.2, -0.15) is 5.10 Å². The van der Waals surface area contributed by atoms with Crippen LogP contribution in [0.2, 0.25) is 0 Å². The number of aryl methyl sites for hydroxylation is 1. The van der Waals surface area contributed by atoms with Crippen LogP contribution in [0.4, 0.5) is 5.69 Å². The molecule has 0 aliphatic heterocycles. The van der Waals surface area contributed by atoms with Gasteiger partial charge in [-0.15, -0.1) is 0 Å². The fourth-order valence-electron chi connectivity index (χ4n) is 1.95.